The summed E-state index contributed by atoms with van der Waals surface area (Å²) in [7, 11) is 5.34. The Morgan fingerprint density at radius 1 is 1.09 bits per heavy atom. The number of rotatable bonds is 3. The van der Waals surface area contributed by atoms with E-state index in [1.54, 1.807) is 26.4 Å². The highest BCUT2D eigenvalue weighted by molar-refractivity contribution is 5.51. The molecule has 2 aromatic rings. The standard InChI is InChI=1S/C18H20FNO2/c1-20-8-7-12-10-16(21-2)17(22-3)11-15(12)18(20)13-5-4-6-14(19)9-13/h4-6,9-11,18H,7-8H2,1-3H3/t18-/m1/s1. The molecule has 4 heteroatoms. The lowest BCUT2D eigenvalue weighted by Gasteiger charge is -2.35. The second kappa shape index (κ2) is 5.97. The molecule has 2 aromatic carbocycles. The molecule has 0 saturated carbocycles. The van der Waals surface area contributed by atoms with Gasteiger partial charge in [0.2, 0.25) is 0 Å². The van der Waals surface area contributed by atoms with Crippen molar-refractivity contribution in [2.75, 3.05) is 27.8 Å². The van der Waals surface area contributed by atoms with Crippen LogP contribution in [-0.4, -0.2) is 32.7 Å². The second-order valence-corrected chi connectivity index (χ2v) is 5.59. The molecule has 1 heterocycles. The normalized spacial score (nSPS) is 17.9. The van der Waals surface area contributed by atoms with Gasteiger partial charge in [-0.2, -0.15) is 0 Å². The highest BCUT2D eigenvalue weighted by Gasteiger charge is 2.28. The fourth-order valence-corrected chi connectivity index (χ4v) is 3.18. The van der Waals surface area contributed by atoms with Crippen LogP contribution in [0.4, 0.5) is 4.39 Å². The molecule has 116 valence electrons. The van der Waals surface area contributed by atoms with Gasteiger partial charge >= 0.3 is 0 Å². The molecular formula is C18H20FNO2. The number of benzene rings is 2. The third kappa shape index (κ3) is 2.55. The minimum absolute atomic E-state index is 0.0271. The first-order valence-electron chi connectivity index (χ1n) is 7.34. The molecule has 0 N–H and O–H groups in total. The van der Waals surface area contributed by atoms with Gasteiger partial charge in [-0.3, -0.25) is 4.90 Å². The van der Waals surface area contributed by atoms with E-state index in [1.807, 2.05) is 18.2 Å². The summed E-state index contributed by atoms with van der Waals surface area (Å²) in [5.74, 6) is 1.24. The van der Waals surface area contributed by atoms with Gasteiger partial charge in [0, 0.05) is 6.54 Å². The summed E-state index contributed by atoms with van der Waals surface area (Å²) in [5, 5.41) is 0. The van der Waals surface area contributed by atoms with E-state index in [-0.39, 0.29) is 11.9 Å². The zero-order valence-corrected chi connectivity index (χ0v) is 13.1. The number of likely N-dealkylation sites (N-methyl/N-ethyl adjacent to an activating group) is 1. The average Bonchev–Trinajstić information content (AvgIpc) is 2.53. The Hall–Kier alpha value is -2.07. The van der Waals surface area contributed by atoms with Crippen molar-refractivity contribution in [3.63, 3.8) is 0 Å². The van der Waals surface area contributed by atoms with Gasteiger partial charge < -0.3 is 9.47 Å². The Bertz CT molecular complexity index is 687. The third-order valence-corrected chi connectivity index (χ3v) is 4.28. The fourth-order valence-electron chi connectivity index (χ4n) is 3.18. The van der Waals surface area contributed by atoms with E-state index in [0.29, 0.717) is 5.75 Å². The lowest BCUT2D eigenvalue weighted by molar-refractivity contribution is 0.262. The number of methoxy groups -OCH3 is 2. The van der Waals surface area contributed by atoms with Gasteiger partial charge in [-0.1, -0.05) is 12.1 Å². The molecule has 0 unspecified atom stereocenters. The molecule has 1 aliphatic heterocycles. The predicted molar refractivity (Wildman–Crippen MR) is 84.1 cm³/mol. The smallest absolute Gasteiger partial charge is 0.161 e. The van der Waals surface area contributed by atoms with E-state index in [1.165, 1.54) is 11.6 Å². The van der Waals surface area contributed by atoms with Crippen LogP contribution in [0.5, 0.6) is 11.5 Å². The molecule has 1 aliphatic rings. The Balaban J connectivity index is 2.13. The van der Waals surface area contributed by atoms with E-state index in [4.69, 9.17) is 9.47 Å². The summed E-state index contributed by atoms with van der Waals surface area (Å²) < 4.78 is 24.4. The first kappa shape index (κ1) is 14.9. The number of ether oxygens (including phenoxy) is 2. The summed E-state index contributed by atoms with van der Waals surface area (Å²) in [6, 6.07) is 10.9. The first-order valence-corrected chi connectivity index (χ1v) is 7.34. The van der Waals surface area contributed by atoms with Crippen molar-refractivity contribution in [3.8, 4) is 11.5 Å². The minimum atomic E-state index is -0.210. The molecule has 0 aromatic heterocycles. The number of hydrogen-bond donors (Lipinski definition) is 0. The molecule has 0 fully saturated rings. The van der Waals surface area contributed by atoms with Crippen LogP contribution in [0.25, 0.3) is 0 Å². The van der Waals surface area contributed by atoms with Crippen LogP contribution in [0, 0.1) is 5.82 Å². The fraction of sp³-hybridized carbons (Fsp3) is 0.333. The van der Waals surface area contributed by atoms with Gasteiger partial charge in [0.25, 0.3) is 0 Å². The molecule has 3 nitrogen and oxygen atoms in total. The van der Waals surface area contributed by atoms with E-state index >= 15 is 0 Å². The SMILES string of the molecule is COc1cc2c(cc1OC)[C@@H](c1cccc(F)c1)N(C)CC2. The molecule has 0 aliphatic carbocycles. The van der Waals surface area contributed by atoms with Crippen LogP contribution < -0.4 is 9.47 Å². The number of fused-ring (bicyclic) bond motifs is 1. The molecule has 0 amide bonds. The largest absolute Gasteiger partial charge is 0.493 e. The van der Waals surface area contributed by atoms with Crippen molar-refractivity contribution in [1.82, 2.24) is 4.90 Å². The van der Waals surface area contributed by atoms with E-state index in [0.717, 1.165) is 29.8 Å². The summed E-state index contributed by atoms with van der Waals surface area (Å²) >= 11 is 0. The summed E-state index contributed by atoms with van der Waals surface area (Å²) in [6.07, 6.45) is 0.942. The molecule has 0 radical (unpaired) electrons. The molecule has 0 bridgehead atoms. The predicted octanol–water partition coefficient (Wildman–Crippen LogP) is 3.42. The maximum atomic E-state index is 13.6. The average molecular weight is 301 g/mol. The van der Waals surface area contributed by atoms with Gasteiger partial charge in [-0.25, -0.2) is 4.39 Å². The van der Waals surface area contributed by atoms with Crippen molar-refractivity contribution >= 4 is 0 Å². The lowest BCUT2D eigenvalue weighted by atomic mass is 9.88. The summed E-state index contributed by atoms with van der Waals surface area (Å²) in [4.78, 5) is 2.24. The Labute approximate surface area is 130 Å². The Morgan fingerprint density at radius 2 is 1.82 bits per heavy atom. The third-order valence-electron chi connectivity index (χ3n) is 4.28. The topological polar surface area (TPSA) is 21.7 Å². The zero-order chi connectivity index (χ0) is 15.7. The molecule has 0 spiro atoms. The van der Waals surface area contributed by atoms with Crippen LogP contribution in [0.1, 0.15) is 22.7 Å². The lowest BCUT2D eigenvalue weighted by Crippen LogP contribution is -2.33. The minimum Gasteiger partial charge on any atom is -0.493 e. The van der Waals surface area contributed by atoms with Crippen molar-refractivity contribution in [2.45, 2.75) is 12.5 Å². The van der Waals surface area contributed by atoms with Crippen molar-refractivity contribution in [3.05, 3.63) is 58.9 Å². The summed E-state index contributed by atoms with van der Waals surface area (Å²) in [5.41, 5.74) is 3.33. The van der Waals surface area contributed by atoms with Crippen molar-refractivity contribution in [1.29, 1.82) is 0 Å². The maximum Gasteiger partial charge on any atom is 0.161 e. The van der Waals surface area contributed by atoms with E-state index in [2.05, 4.69) is 11.9 Å². The summed E-state index contributed by atoms with van der Waals surface area (Å²) in [6.45, 7) is 0.920. The molecule has 1 atom stereocenters. The van der Waals surface area contributed by atoms with E-state index in [9.17, 15) is 4.39 Å². The van der Waals surface area contributed by atoms with Gasteiger partial charge in [0.15, 0.2) is 11.5 Å². The molecular weight excluding hydrogens is 281 g/mol. The van der Waals surface area contributed by atoms with E-state index < -0.39 is 0 Å². The molecule has 3 rings (SSSR count). The quantitative estimate of drug-likeness (QED) is 0.867. The van der Waals surface area contributed by atoms with Crippen LogP contribution in [0.3, 0.4) is 0 Å². The van der Waals surface area contributed by atoms with Crippen LogP contribution in [-0.2, 0) is 6.42 Å². The number of hydrogen-bond acceptors (Lipinski definition) is 3. The number of halogens is 1. The van der Waals surface area contributed by atoms with Gasteiger partial charge in [-0.05, 0) is 54.4 Å². The monoisotopic (exact) mass is 301 g/mol. The van der Waals surface area contributed by atoms with Crippen molar-refractivity contribution < 1.29 is 13.9 Å². The Kier molecular flexibility index (Phi) is 4.03. The van der Waals surface area contributed by atoms with Crippen LogP contribution in [0.2, 0.25) is 0 Å². The van der Waals surface area contributed by atoms with Crippen molar-refractivity contribution in [2.24, 2.45) is 0 Å². The highest BCUT2D eigenvalue weighted by atomic mass is 19.1. The van der Waals surface area contributed by atoms with Crippen LogP contribution in [0.15, 0.2) is 36.4 Å². The van der Waals surface area contributed by atoms with Gasteiger partial charge in [0.1, 0.15) is 5.82 Å². The Morgan fingerprint density at radius 3 is 2.50 bits per heavy atom. The van der Waals surface area contributed by atoms with Gasteiger partial charge in [0.05, 0.1) is 20.3 Å². The highest BCUT2D eigenvalue weighted by Crippen LogP contribution is 2.40. The second-order valence-electron chi connectivity index (χ2n) is 5.59. The van der Waals surface area contributed by atoms with Gasteiger partial charge in [-0.15, -0.1) is 0 Å². The first-order chi connectivity index (χ1) is 10.6. The number of nitrogens with zero attached hydrogens (tertiary/aromatic N) is 1. The maximum absolute atomic E-state index is 13.6. The zero-order valence-electron chi connectivity index (χ0n) is 13.1. The van der Waals surface area contributed by atoms with Crippen LogP contribution >= 0.6 is 0 Å². The molecule has 0 saturated heterocycles. The molecule has 22 heavy (non-hydrogen) atoms.